The van der Waals surface area contributed by atoms with Gasteiger partial charge >= 0.3 is 0 Å². The molecule has 0 radical (unpaired) electrons. The zero-order valence-corrected chi connectivity index (χ0v) is 16.0. The molecule has 0 aliphatic heterocycles. The second-order valence-corrected chi connectivity index (χ2v) is 8.28. The van der Waals surface area contributed by atoms with Gasteiger partial charge < -0.3 is 10.6 Å². The predicted octanol–water partition coefficient (Wildman–Crippen LogP) is 5.31. The van der Waals surface area contributed by atoms with E-state index in [-0.39, 0.29) is 12.3 Å². The number of alkyl halides is 3. The van der Waals surface area contributed by atoms with Crippen molar-refractivity contribution in [2.45, 2.75) is 16.4 Å². The molecule has 0 heterocycles. The fourth-order valence-corrected chi connectivity index (χ4v) is 2.97. The summed E-state index contributed by atoms with van der Waals surface area (Å²) in [7, 11) is 0. The molecular weight excluding hydrogens is 391 g/mol. The molecule has 3 aromatic carbocycles. The summed E-state index contributed by atoms with van der Waals surface area (Å²) in [6.07, 6.45) is -0.665. The molecule has 0 aliphatic carbocycles. The normalized spacial score (nSPS) is 12.6. The highest BCUT2D eigenvalue weighted by atomic mass is 35.6. The van der Waals surface area contributed by atoms with Crippen LogP contribution in [0.4, 0.5) is 5.69 Å². The zero-order chi connectivity index (χ0) is 18.6. The molecule has 1 amide bonds. The van der Waals surface area contributed by atoms with Crippen molar-refractivity contribution < 1.29 is 4.79 Å². The highest BCUT2D eigenvalue weighted by Crippen LogP contribution is 2.31. The standard InChI is InChI=1S/C20H17Cl3N2O/c21-20(22,23)19(25-18(26)12-14-6-2-1-3-7-14)24-17-11-10-15-8-4-5-9-16(15)13-17/h1-11,13,19,24H,12H2,(H,25,26). The van der Waals surface area contributed by atoms with Crippen molar-refractivity contribution in [2.75, 3.05) is 5.32 Å². The molecule has 0 spiro atoms. The summed E-state index contributed by atoms with van der Waals surface area (Å²) < 4.78 is -1.71. The number of carbonyl (C=O) groups excluding carboxylic acids is 1. The number of carbonyl (C=O) groups is 1. The highest BCUT2D eigenvalue weighted by molar-refractivity contribution is 6.68. The first kappa shape index (κ1) is 18.8. The van der Waals surface area contributed by atoms with Gasteiger partial charge in [-0.1, -0.05) is 95.5 Å². The van der Waals surface area contributed by atoms with Crippen LogP contribution in [0.1, 0.15) is 5.56 Å². The van der Waals surface area contributed by atoms with Crippen LogP contribution in [0.25, 0.3) is 10.8 Å². The van der Waals surface area contributed by atoms with E-state index in [0.717, 1.165) is 22.0 Å². The number of halogens is 3. The van der Waals surface area contributed by atoms with Crippen molar-refractivity contribution in [3.8, 4) is 0 Å². The van der Waals surface area contributed by atoms with E-state index < -0.39 is 9.96 Å². The van der Waals surface area contributed by atoms with Crippen LogP contribution in [0.2, 0.25) is 0 Å². The fraction of sp³-hybridized carbons (Fsp3) is 0.150. The van der Waals surface area contributed by atoms with E-state index in [1.807, 2.05) is 72.8 Å². The number of hydrogen-bond donors (Lipinski definition) is 2. The minimum absolute atomic E-state index is 0.206. The largest absolute Gasteiger partial charge is 0.362 e. The molecular formula is C20H17Cl3N2O. The van der Waals surface area contributed by atoms with Gasteiger partial charge in [0.15, 0.2) is 0 Å². The van der Waals surface area contributed by atoms with Crippen LogP contribution in [0.3, 0.4) is 0 Å². The van der Waals surface area contributed by atoms with Gasteiger partial charge in [0, 0.05) is 5.69 Å². The van der Waals surface area contributed by atoms with E-state index in [4.69, 9.17) is 34.8 Å². The van der Waals surface area contributed by atoms with Gasteiger partial charge in [0.25, 0.3) is 0 Å². The van der Waals surface area contributed by atoms with Gasteiger partial charge in [0.05, 0.1) is 6.42 Å². The lowest BCUT2D eigenvalue weighted by Gasteiger charge is -2.27. The number of amides is 1. The van der Waals surface area contributed by atoms with Crippen LogP contribution in [0.5, 0.6) is 0 Å². The average Bonchev–Trinajstić information content (AvgIpc) is 2.61. The number of hydrogen-bond acceptors (Lipinski definition) is 2. The van der Waals surface area contributed by atoms with E-state index in [9.17, 15) is 4.79 Å². The number of benzene rings is 3. The average molecular weight is 408 g/mol. The van der Waals surface area contributed by atoms with Gasteiger partial charge in [-0.15, -0.1) is 0 Å². The summed E-state index contributed by atoms with van der Waals surface area (Å²) in [5.41, 5.74) is 1.64. The number of rotatable bonds is 5. The predicted molar refractivity (Wildman–Crippen MR) is 110 cm³/mol. The maximum atomic E-state index is 12.3. The molecule has 0 aromatic heterocycles. The Bertz CT molecular complexity index is 894. The molecule has 0 fully saturated rings. The second-order valence-electron chi connectivity index (χ2n) is 5.91. The van der Waals surface area contributed by atoms with E-state index in [1.165, 1.54) is 0 Å². The Morgan fingerprint density at radius 2 is 1.54 bits per heavy atom. The molecule has 2 N–H and O–H groups in total. The summed E-state index contributed by atoms with van der Waals surface area (Å²) in [4.78, 5) is 12.3. The smallest absolute Gasteiger partial charge is 0.228 e. The van der Waals surface area contributed by atoms with Crippen LogP contribution >= 0.6 is 34.8 Å². The van der Waals surface area contributed by atoms with E-state index in [2.05, 4.69) is 10.6 Å². The van der Waals surface area contributed by atoms with Gasteiger partial charge in [-0.25, -0.2) is 0 Å². The molecule has 134 valence electrons. The number of anilines is 1. The molecule has 1 unspecified atom stereocenters. The molecule has 1 atom stereocenters. The lowest BCUT2D eigenvalue weighted by molar-refractivity contribution is -0.120. The van der Waals surface area contributed by atoms with Crippen LogP contribution in [0, 0.1) is 0 Å². The Kier molecular flexibility index (Phi) is 5.92. The molecule has 6 heteroatoms. The minimum Gasteiger partial charge on any atom is -0.362 e. The first-order valence-corrected chi connectivity index (χ1v) is 9.20. The molecule has 0 aliphatic rings. The summed E-state index contributed by atoms with van der Waals surface area (Å²) in [6.45, 7) is 0. The molecule has 0 bridgehead atoms. The Hall–Kier alpha value is -1.94. The van der Waals surface area contributed by atoms with Crippen LogP contribution in [-0.4, -0.2) is 15.9 Å². The topological polar surface area (TPSA) is 41.1 Å². The van der Waals surface area contributed by atoms with Gasteiger partial charge in [-0.3, -0.25) is 4.79 Å². The maximum absolute atomic E-state index is 12.3. The zero-order valence-electron chi connectivity index (χ0n) is 13.8. The summed E-state index contributed by atoms with van der Waals surface area (Å²) in [6, 6.07) is 23.2. The van der Waals surface area contributed by atoms with E-state index in [0.29, 0.717) is 0 Å². The third kappa shape index (κ3) is 5.04. The van der Waals surface area contributed by atoms with E-state index >= 15 is 0 Å². The van der Waals surface area contributed by atoms with Crippen molar-refractivity contribution in [3.63, 3.8) is 0 Å². The molecule has 0 saturated heterocycles. The van der Waals surface area contributed by atoms with Gasteiger partial charge in [0.2, 0.25) is 9.70 Å². The van der Waals surface area contributed by atoms with Gasteiger partial charge in [0.1, 0.15) is 6.17 Å². The molecule has 3 aromatic rings. The molecule has 26 heavy (non-hydrogen) atoms. The molecule has 3 nitrogen and oxygen atoms in total. The number of nitrogens with one attached hydrogen (secondary N) is 2. The number of fused-ring (bicyclic) bond motifs is 1. The second kappa shape index (κ2) is 8.17. The van der Waals surface area contributed by atoms with Crippen molar-refractivity contribution in [1.29, 1.82) is 0 Å². The maximum Gasteiger partial charge on any atom is 0.228 e. The Morgan fingerprint density at radius 3 is 2.23 bits per heavy atom. The van der Waals surface area contributed by atoms with Gasteiger partial charge in [-0.05, 0) is 28.5 Å². The highest BCUT2D eigenvalue weighted by Gasteiger charge is 2.34. The van der Waals surface area contributed by atoms with Crippen molar-refractivity contribution >= 4 is 57.2 Å². The van der Waals surface area contributed by atoms with Crippen LogP contribution in [-0.2, 0) is 11.2 Å². The van der Waals surface area contributed by atoms with Crippen LogP contribution in [0.15, 0.2) is 72.8 Å². The summed E-state index contributed by atoms with van der Waals surface area (Å²) in [5.74, 6) is -0.235. The lowest BCUT2D eigenvalue weighted by Crippen LogP contribution is -2.49. The first-order chi connectivity index (χ1) is 12.4. The lowest BCUT2D eigenvalue weighted by atomic mass is 10.1. The van der Waals surface area contributed by atoms with Crippen LogP contribution < -0.4 is 10.6 Å². The van der Waals surface area contributed by atoms with Crippen molar-refractivity contribution in [2.24, 2.45) is 0 Å². The minimum atomic E-state index is -1.71. The summed E-state index contributed by atoms with van der Waals surface area (Å²) >= 11 is 18.2. The van der Waals surface area contributed by atoms with Crippen molar-refractivity contribution in [3.05, 3.63) is 78.4 Å². The summed E-state index contributed by atoms with van der Waals surface area (Å²) in [5, 5.41) is 8.02. The van der Waals surface area contributed by atoms with Crippen molar-refractivity contribution in [1.82, 2.24) is 5.32 Å². The molecule has 3 rings (SSSR count). The Labute approximate surface area is 167 Å². The fourth-order valence-electron chi connectivity index (χ4n) is 2.64. The SMILES string of the molecule is O=C(Cc1ccccc1)NC(Nc1ccc2ccccc2c1)C(Cl)(Cl)Cl. The Balaban J connectivity index is 1.74. The monoisotopic (exact) mass is 406 g/mol. The van der Waals surface area contributed by atoms with Gasteiger partial charge in [-0.2, -0.15) is 0 Å². The Morgan fingerprint density at radius 1 is 0.885 bits per heavy atom. The quantitative estimate of drug-likeness (QED) is 0.445. The first-order valence-electron chi connectivity index (χ1n) is 8.07. The third-order valence-corrected chi connectivity index (χ3v) is 4.56. The van der Waals surface area contributed by atoms with E-state index in [1.54, 1.807) is 0 Å². The third-order valence-electron chi connectivity index (χ3n) is 3.90. The molecule has 0 saturated carbocycles.